The third-order valence-electron chi connectivity index (χ3n) is 6.57. The van der Waals surface area contributed by atoms with Crippen molar-refractivity contribution in [3.8, 4) is 0 Å². The van der Waals surface area contributed by atoms with Gasteiger partial charge in [0.2, 0.25) is 5.91 Å². The van der Waals surface area contributed by atoms with E-state index in [0.717, 1.165) is 12.8 Å². The lowest BCUT2D eigenvalue weighted by molar-refractivity contribution is -0.127. The zero-order chi connectivity index (χ0) is 20.1. The monoisotopic (exact) mass is 389 g/mol. The number of piperidine rings is 1. The first-order valence-corrected chi connectivity index (χ1v) is 10.4. The Bertz CT molecular complexity index is 676. The second-order valence-electron chi connectivity index (χ2n) is 8.47. The van der Waals surface area contributed by atoms with Crippen molar-refractivity contribution in [1.29, 1.82) is 0 Å². The second-order valence-corrected chi connectivity index (χ2v) is 8.47. The van der Waals surface area contributed by atoms with Gasteiger partial charge >= 0.3 is 0 Å². The van der Waals surface area contributed by atoms with Crippen molar-refractivity contribution in [2.24, 2.45) is 5.92 Å². The molecule has 1 N–H and O–H groups in total. The van der Waals surface area contributed by atoms with Gasteiger partial charge in [0.05, 0.1) is 0 Å². The van der Waals surface area contributed by atoms with Gasteiger partial charge in [-0.25, -0.2) is 4.39 Å². The minimum atomic E-state index is -0.347. The molecule has 6 heteroatoms. The van der Waals surface area contributed by atoms with E-state index in [1.165, 1.54) is 43.5 Å². The summed E-state index contributed by atoms with van der Waals surface area (Å²) in [5.74, 6) is -0.367. The first kappa shape index (κ1) is 20.8. The van der Waals surface area contributed by atoms with Crippen LogP contribution in [0.4, 0.5) is 4.39 Å². The highest BCUT2D eigenvalue weighted by Crippen LogP contribution is 2.31. The molecule has 0 bridgehead atoms. The number of nitrogens with one attached hydrogen (secondary N) is 1. The van der Waals surface area contributed by atoms with Crippen molar-refractivity contribution in [2.75, 3.05) is 33.7 Å². The SMILES string of the molecule is CN(C)C1(CNC(=O)C2CCN(C(=O)c3ccc(F)cc3)CC2)CCCCC1. The van der Waals surface area contributed by atoms with Crippen LogP contribution in [0.3, 0.4) is 0 Å². The van der Waals surface area contributed by atoms with Gasteiger partial charge in [-0.1, -0.05) is 19.3 Å². The summed E-state index contributed by atoms with van der Waals surface area (Å²) < 4.78 is 13.0. The van der Waals surface area contributed by atoms with E-state index in [1.54, 1.807) is 4.90 Å². The van der Waals surface area contributed by atoms with Gasteiger partial charge in [0.25, 0.3) is 5.91 Å². The fraction of sp³-hybridized carbons (Fsp3) is 0.636. The first-order valence-electron chi connectivity index (χ1n) is 10.4. The van der Waals surface area contributed by atoms with Crippen LogP contribution in [-0.4, -0.2) is 60.9 Å². The molecule has 1 saturated carbocycles. The Morgan fingerprint density at radius 3 is 2.29 bits per heavy atom. The molecule has 28 heavy (non-hydrogen) atoms. The number of nitrogens with zero attached hydrogens (tertiary/aromatic N) is 2. The third-order valence-corrected chi connectivity index (χ3v) is 6.57. The van der Waals surface area contributed by atoms with Crippen LogP contribution in [0.25, 0.3) is 0 Å². The maximum absolute atomic E-state index is 13.0. The topological polar surface area (TPSA) is 52.7 Å². The van der Waals surface area contributed by atoms with E-state index in [0.29, 0.717) is 38.0 Å². The lowest BCUT2D eigenvalue weighted by Gasteiger charge is -2.43. The molecular formula is C22H32FN3O2. The van der Waals surface area contributed by atoms with E-state index in [-0.39, 0.29) is 29.1 Å². The third kappa shape index (κ3) is 4.72. The quantitative estimate of drug-likeness (QED) is 0.842. The van der Waals surface area contributed by atoms with Crippen LogP contribution in [0.15, 0.2) is 24.3 Å². The molecule has 3 rings (SSSR count). The average molecular weight is 390 g/mol. The smallest absolute Gasteiger partial charge is 0.253 e. The molecule has 0 aromatic heterocycles. The maximum atomic E-state index is 13.0. The Labute approximate surface area is 167 Å². The standard InChI is InChI=1S/C22H32FN3O2/c1-25(2)22(12-4-3-5-13-22)16-24-20(27)17-10-14-26(15-11-17)21(28)18-6-8-19(23)9-7-18/h6-9,17H,3-5,10-16H2,1-2H3,(H,24,27). The minimum absolute atomic E-state index is 0.0416. The zero-order valence-corrected chi connectivity index (χ0v) is 17.0. The van der Waals surface area contributed by atoms with Crippen molar-refractivity contribution in [1.82, 2.24) is 15.1 Å². The summed E-state index contributed by atoms with van der Waals surface area (Å²) >= 11 is 0. The number of likely N-dealkylation sites (tertiary alicyclic amines) is 1. The van der Waals surface area contributed by atoms with Crippen LogP contribution in [0.5, 0.6) is 0 Å². The molecule has 1 aromatic carbocycles. The number of halogens is 1. The number of rotatable bonds is 5. The van der Waals surface area contributed by atoms with Gasteiger partial charge in [0, 0.05) is 36.7 Å². The molecule has 2 fully saturated rings. The molecule has 0 radical (unpaired) electrons. The Balaban J connectivity index is 1.49. The minimum Gasteiger partial charge on any atom is -0.354 e. The average Bonchev–Trinajstić information content (AvgIpc) is 2.73. The highest BCUT2D eigenvalue weighted by atomic mass is 19.1. The van der Waals surface area contributed by atoms with Crippen LogP contribution in [0.2, 0.25) is 0 Å². The summed E-state index contributed by atoms with van der Waals surface area (Å²) in [4.78, 5) is 29.3. The number of benzene rings is 1. The van der Waals surface area contributed by atoms with Gasteiger partial charge in [-0.05, 0) is 64.0 Å². The molecule has 2 aliphatic rings. The highest BCUT2D eigenvalue weighted by Gasteiger charge is 2.35. The number of hydrogen-bond donors (Lipinski definition) is 1. The lowest BCUT2D eigenvalue weighted by atomic mass is 9.80. The van der Waals surface area contributed by atoms with Gasteiger partial charge in [0.1, 0.15) is 5.82 Å². The van der Waals surface area contributed by atoms with Crippen LogP contribution in [0.1, 0.15) is 55.3 Å². The van der Waals surface area contributed by atoms with Gasteiger partial charge in [0.15, 0.2) is 0 Å². The lowest BCUT2D eigenvalue weighted by Crippen LogP contribution is -2.55. The molecule has 2 amide bonds. The van der Waals surface area contributed by atoms with Crippen molar-refractivity contribution in [2.45, 2.75) is 50.5 Å². The van der Waals surface area contributed by atoms with Crippen molar-refractivity contribution in [3.63, 3.8) is 0 Å². The van der Waals surface area contributed by atoms with Gasteiger partial charge in [-0.2, -0.15) is 0 Å². The predicted molar refractivity (Wildman–Crippen MR) is 108 cm³/mol. The number of hydrogen-bond acceptors (Lipinski definition) is 3. The summed E-state index contributed by atoms with van der Waals surface area (Å²) in [5.41, 5.74) is 0.571. The van der Waals surface area contributed by atoms with Gasteiger partial charge in [-0.15, -0.1) is 0 Å². The molecule has 154 valence electrons. The van der Waals surface area contributed by atoms with Crippen LogP contribution in [-0.2, 0) is 4.79 Å². The van der Waals surface area contributed by atoms with Gasteiger partial charge in [-0.3, -0.25) is 9.59 Å². The molecule has 1 aromatic rings. The summed E-state index contributed by atoms with van der Waals surface area (Å²) in [6.07, 6.45) is 7.33. The normalized spacial score (nSPS) is 20.2. The Hall–Kier alpha value is -1.95. The van der Waals surface area contributed by atoms with Crippen molar-refractivity contribution < 1.29 is 14.0 Å². The highest BCUT2D eigenvalue weighted by molar-refractivity contribution is 5.94. The Morgan fingerprint density at radius 1 is 1.11 bits per heavy atom. The van der Waals surface area contributed by atoms with Crippen LogP contribution < -0.4 is 5.32 Å². The van der Waals surface area contributed by atoms with E-state index < -0.39 is 0 Å². The fourth-order valence-corrected chi connectivity index (χ4v) is 4.51. The number of likely N-dealkylation sites (N-methyl/N-ethyl adjacent to an activating group) is 1. The molecule has 5 nitrogen and oxygen atoms in total. The number of carbonyl (C=O) groups is 2. The molecular weight excluding hydrogens is 357 g/mol. The van der Waals surface area contributed by atoms with E-state index >= 15 is 0 Å². The molecule has 1 saturated heterocycles. The number of carbonyl (C=O) groups excluding carboxylic acids is 2. The summed E-state index contributed by atoms with van der Waals surface area (Å²) in [6.45, 7) is 1.83. The largest absolute Gasteiger partial charge is 0.354 e. The van der Waals surface area contributed by atoms with E-state index in [1.807, 2.05) is 0 Å². The van der Waals surface area contributed by atoms with Crippen LogP contribution in [0, 0.1) is 11.7 Å². The maximum Gasteiger partial charge on any atom is 0.253 e. The molecule has 0 atom stereocenters. The second kappa shape index (κ2) is 9.03. The van der Waals surface area contributed by atoms with Crippen molar-refractivity contribution in [3.05, 3.63) is 35.6 Å². The van der Waals surface area contributed by atoms with E-state index in [2.05, 4.69) is 24.3 Å². The Morgan fingerprint density at radius 2 is 1.71 bits per heavy atom. The molecule has 0 spiro atoms. The first-order chi connectivity index (χ1) is 13.4. The fourth-order valence-electron chi connectivity index (χ4n) is 4.51. The number of amides is 2. The van der Waals surface area contributed by atoms with Gasteiger partial charge < -0.3 is 15.1 Å². The molecule has 1 heterocycles. The van der Waals surface area contributed by atoms with E-state index in [9.17, 15) is 14.0 Å². The summed E-state index contributed by atoms with van der Waals surface area (Å²) in [7, 11) is 4.22. The zero-order valence-electron chi connectivity index (χ0n) is 17.0. The molecule has 0 unspecified atom stereocenters. The summed E-state index contributed by atoms with van der Waals surface area (Å²) in [5, 5.41) is 3.20. The molecule has 1 aliphatic heterocycles. The summed E-state index contributed by atoms with van der Waals surface area (Å²) in [6, 6.07) is 5.64. The predicted octanol–water partition coefficient (Wildman–Crippen LogP) is 3.06. The van der Waals surface area contributed by atoms with Crippen LogP contribution >= 0.6 is 0 Å². The molecule has 1 aliphatic carbocycles. The van der Waals surface area contributed by atoms with E-state index in [4.69, 9.17) is 0 Å². The Kier molecular flexibility index (Phi) is 6.70. The van der Waals surface area contributed by atoms with Crippen molar-refractivity contribution >= 4 is 11.8 Å².